The zero-order valence-electron chi connectivity index (χ0n) is 14.1. The summed E-state index contributed by atoms with van der Waals surface area (Å²) in [5, 5.41) is 4.17. The summed E-state index contributed by atoms with van der Waals surface area (Å²) < 4.78 is 2.27. The molecule has 0 aliphatic heterocycles. The molecule has 23 heavy (non-hydrogen) atoms. The van der Waals surface area contributed by atoms with Crippen molar-refractivity contribution >= 4 is 22.5 Å². The van der Waals surface area contributed by atoms with Crippen molar-refractivity contribution in [2.24, 2.45) is 11.7 Å². The van der Waals surface area contributed by atoms with E-state index in [0.29, 0.717) is 5.92 Å². The van der Waals surface area contributed by atoms with Gasteiger partial charge in [0.25, 0.3) is 0 Å². The molecule has 4 heteroatoms. The van der Waals surface area contributed by atoms with Gasteiger partial charge in [-0.2, -0.15) is 0 Å². The zero-order valence-corrected chi connectivity index (χ0v) is 14.1. The molecule has 1 amide bonds. The van der Waals surface area contributed by atoms with E-state index in [2.05, 4.69) is 35.9 Å². The summed E-state index contributed by atoms with van der Waals surface area (Å²) in [7, 11) is 0. The van der Waals surface area contributed by atoms with Gasteiger partial charge in [0, 0.05) is 28.8 Å². The second-order valence-corrected chi connectivity index (χ2v) is 6.72. The fraction of sp³-hybridized carbons (Fsp3) is 0.526. The van der Waals surface area contributed by atoms with E-state index in [9.17, 15) is 4.79 Å². The van der Waals surface area contributed by atoms with Gasteiger partial charge >= 0.3 is 0 Å². The number of rotatable bonds is 4. The smallest absolute Gasteiger partial charge is 0.241 e. The van der Waals surface area contributed by atoms with E-state index in [1.54, 1.807) is 0 Å². The highest BCUT2D eigenvalue weighted by Crippen LogP contribution is 2.27. The SMILES string of the molecule is CCn1c(C)cc2cc(NC(=O)[C@@H](N)C3CCCCC3)ccc21. The molecule has 3 rings (SSSR count). The number of carbonyl (C=O) groups is 1. The Kier molecular flexibility index (Phi) is 4.71. The molecular weight excluding hydrogens is 286 g/mol. The summed E-state index contributed by atoms with van der Waals surface area (Å²) in [4.78, 5) is 12.4. The van der Waals surface area contributed by atoms with Crippen LogP contribution in [0.5, 0.6) is 0 Å². The molecule has 1 saturated carbocycles. The third-order valence-corrected chi connectivity index (χ3v) is 5.15. The van der Waals surface area contributed by atoms with Crippen LogP contribution >= 0.6 is 0 Å². The van der Waals surface area contributed by atoms with E-state index in [0.717, 1.165) is 30.5 Å². The summed E-state index contributed by atoms with van der Waals surface area (Å²) in [6.45, 7) is 5.21. The average Bonchev–Trinajstić information content (AvgIpc) is 2.89. The zero-order chi connectivity index (χ0) is 16.4. The largest absolute Gasteiger partial charge is 0.345 e. The fourth-order valence-electron chi connectivity index (χ4n) is 3.84. The minimum absolute atomic E-state index is 0.0529. The predicted octanol–water partition coefficient (Wildman–Crippen LogP) is 3.82. The number of nitrogens with zero attached hydrogens (tertiary/aromatic N) is 1. The lowest BCUT2D eigenvalue weighted by molar-refractivity contribution is -0.118. The van der Waals surface area contributed by atoms with Crippen molar-refractivity contribution in [3.8, 4) is 0 Å². The summed E-state index contributed by atoms with van der Waals surface area (Å²) in [5.41, 5.74) is 9.47. The van der Waals surface area contributed by atoms with Crippen molar-refractivity contribution < 1.29 is 4.79 Å². The molecule has 124 valence electrons. The molecule has 3 N–H and O–H groups in total. The van der Waals surface area contributed by atoms with E-state index in [1.807, 2.05) is 12.1 Å². The lowest BCUT2D eigenvalue weighted by Crippen LogP contribution is -2.42. The highest BCUT2D eigenvalue weighted by Gasteiger charge is 2.26. The monoisotopic (exact) mass is 313 g/mol. The van der Waals surface area contributed by atoms with E-state index in [4.69, 9.17) is 5.73 Å². The maximum absolute atomic E-state index is 12.4. The predicted molar refractivity (Wildman–Crippen MR) is 95.5 cm³/mol. The van der Waals surface area contributed by atoms with Gasteiger partial charge in [-0.25, -0.2) is 0 Å². The van der Waals surface area contributed by atoms with Gasteiger partial charge in [0.05, 0.1) is 6.04 Å². The number of benzene rings is 1. The van der Waals surface area contributed by atoms with Crippen LogP contribution in [-0.4, -0.2) is 16.5 Å². The van der Waals surface area contributed by atoms with Crippen LogP contribution < -0.4 is 11.1 Å². The Morgan fingerprint density at radius 2 is 2.04 bits per heavy atom. The Morgan fingerprint density at radius 3 is 2.74 bits per heavy atom. The number of aromatic nitrogens is 1. The Bertz CT molecular complexity index is 698. The van der Waals surface area contributed by atoms with Gasteiger partial charge in [0.15, 0.2) is 0 Å². The third kappa shape index (κ3) is 3.27. The van der Waals surface area contributed by atoms with Crippen LogP contribution in [0.3, 0.4) is 0 Å². The molecule has 1 atom stereocenters. The topological polar surface area (TPSA) is 60.0 Å². The average molecular weight is 313 g/mol. The first-order chi connectivity index (χ1) is 11.1. The molecule has 1 aliphatic carbocycles. The van der Waals surface area contributed by atoms with Crippen molar-refractivity contribution in [3.05, 3.63) is 30.0 Å². The van der Waals surface area contributed by atoms with Crippen LogP contribution in [0.1, 0.15) is 44.7 Å². The molecule has 1 aromatic carbocycles. The minimum atomic E-state index is -0.395. The van der Waals surface area contributed by atoms with Crippen LogP contribution in [0.4, 0.5) is 5.69 Å². The summed E-state index contributed by atoms with van der Waals surface area (Å²) in [6.07, 6.45) is 5.82. The molecule has 2 aromatic rings. The van der Waals surface area contributed by atoms with Crippen LogP contribution in [0.15, 0.2) is 24.3 Å². The lowest BCUT2D eigenvalue weighted by Gasteiger charge is -2.26. The lowest BCUT2D eigenvalue weighted by atomic mass is 9.84. The molecule has 0 unspecified atom stereocenters. The van der Waals surface area contributed by atoms with Crippen LogP contribution in [0.25, 0.3) is 10.9 Å². The summed E-state index contributed by atoms with van der Waals surface area (Å²) >= 11 is 0. The second kappa shape index (κ2) is 6.75. The highest BCUT2D eigenvalue weighted by atomic mass is 16.2. The molecule has 1 fully saturated rings. The molecule has 1 heterocycles. The molecule has 0 radical (unpaired) electrons. The molecule has 1 aromatic heterocycles. The van der Waals surface area contributed by atoms with Crippen LogP contribution in [-0.2, 0) is 11.3 Å². The Morgan fingerprint density at radius 1 is 1.30 bits per heavy atom. The highest BCUT2D eigenvalue weighted by molar-refractivity contribution is 5.97. The Labute approximate surface area is 138 Å². The van der Waals surface area contributed by atoms with Crippen LogP contribution in [0.2, 0.25) is 0 Å². The van der Waals surface area contributed by atoms with Gasteiger partial charge in [-0.15, -0.1) is 0 Å². The number of fused-ring (bicyclic) bond motifs is 1. The molecule has 0 spiro atoms. The number of nitrogens with one attached hydrogen (secondary N) is 1. The number of carbonyl (C=O) groups excluding carboxylic acids is 1. The van der Waals surface area contributed by atoms with Gasteiger partial charge < -0.3 is 15.6 Å². The molecule has 0 saturated heterocycles. The Hall–Kier alpha value is -1.81. The molecule has 0 bridgehead atoms. The maximum Gasteiger partial charge on any atom is 0.241 e. The van der Waals surface area contributed by atoms with E-state index >= 15 is 0 Å². The fourth-order valence-corrected chi connectivity index (χ4v) is 3.84. The van der Waals surface area contributed by atoms with Crippen LogP contribution in [0, 0.1) is 12.8 Å². The quantitative estimate of drug-likeness (QED) is 0.901. The standard InChI is InChI=1S/C19H27N3O/c1-3-22-13(2)11-15-12-16(9-10-17(15)22)21-19(23)18(20)14-7-5-4-6-8-14/h9-12,14,18H,3-8,20H2,1-2H3,(H,21,23)/t18-/m0/s1. The first kappa shape index (κ1) is 16.1. The summed E-state index contributed by atoms with van der Waals surface area (Å²) in [5.74, 6) is 0.277. The second-order valence-electron chi connectivity index (χ2n) is 6.72. The van der Waals surface area contributed by atoms with Crippen molar-refractivity contribution in [3.63, 3.8) is 0 Å². The number of amides is 1. The third-order valence-electron chi connectivity index (χ3n) is 5.15. The number of aryl methyl sites for hydroxylation is 2. The number of hydrogen-bond acceptors (Lipinski definition) is 2. The minimum Gasteiger partial charge on any atom is -0.345 e. The normalized spacial score (nSPS) is 17.3. The van der Waals surface area contributed by atoms with Gasteiger partial charge in [0.1, 0.15) is 0 Å². The first-order valence-electron chi connectivity index (χ1n) is 8.76. The van der Waals surface area contributed by atoms with E-state index in [-0.39, 0.29) is 5.91 Å². The Balaban J connectivity index is 1.74. The molecule has 1 aliphatic rings. The number of hydrogen-bond donors (Lipinski definition) is 2. The van der Waals surface area contributed by atoms with Gasteiger partial charge in [-0.05, 0) is 56.9 Å². The van der Waals surface area contributed by atoms with Gasteiger partial charge in [0.2, 0.25) is 5.91 Å². The van der Waals surface area contributed by atoms with Crippen molar-refractivity contribution in [1.82, 2.24) is 4.57 Å². The summed E-state index contributed by atoms with van der Waals surface area (Å²) in [6, 6.07) is 7.86. The van der Waals surface area contributed by atoms with E-state index < -0.39 is 6.04 Å². The molecule has 4 nitrogen and oxygen atoms in total. The maximum atomic E-state index is 12.4. The molecular formula is C19H27N3O. The van der Waals surface area contributed by atoms with Crippen molar-refractivity contribution in [2.75, 3.05) is 5.32 Å². The van der Waals surface area contributed by atoms with Gasteiger partial charge in [-0.3, -0.25) is 4.79 Å². The number of nitrogens with two attached hydrogens (primary N) is 1. The van der Waals surface area contributed by atoms with Gasteiger partial charge in [-0.1, -0.05) is 19.3 Å². The van der Waals surface area contributed by atoms with E-state index in [1.165, 1.54) is 30.5 Å². The first-order valence-corrected chi connectivity index (χ1v) is 8.76. The number of anilines is 1. The van der Waals surface area contributed by atoms with Crippen molar-refractivity contribution in [1.29, 1.82) is 0 Å². The van der Waals surface area contributed by atoms with Crippen molar-refractivity contribution in [2.45, 2.75) is 58.5 Å².